The second-order valence-corrected chi connectivity index (χ2v) is 3.33. The van der Waals surface area contributed by atoms with E-state index < -0.39 is 17.3 Å². The number of carbonyl (C=O) groups excluding carboxylic acids is 1. The molecule has 1 rings (SSSR count). The Bertz CT molecular complexity index is 238. The zero-order valence-electron chi connectivity index (χ0n) is 6.50. The van der Waals surface area contributed by atoms with Crippen LogP contribution in [0.3, 0.4) is 0 Å². The van der Waals surface area contributed by atoms with E-state index in [0.717, 1.165) is 0 Å². The van der Waals surface area contributed by atoms with E-state index >= 15 is 0 Å². The molecule has 0 saturated carbocycles. The highest BCUT2D eigenvalue weighted by atomic mass is 16.4. The molecule has 0 aromatic carbocycles. The average molecular weight is 154 g/mol. The molecule has 0 fully saturated rings. The largest absolute Gasteiger partial charge is 0.481 e. The molecular formula is C8H10O3. The standard InChI is InChI=1S/C8H10O3/c1-8(2)4-3-5(9)6(8)7(10)11/h3-4,6H,1-2H3,(H,10,11). The van der Waals surface area contributed by atoms with Crippen LogP contribution in [0.25, 0.3) is 0 Å². The van der Waals surface area contributed by atoms with E-state index in [1.165, 1.54) is 6.08 Å². The van der Waals surface area contributed by atoms with Crippen molar-refractivity contribution in [3.05, 3.63) is 12.2 Å². The van der Waals surface area contributed by atoms with Gasteiger partial charge in [0.1, 0.15) is 5.92 Å². The lowest BCUT2D eigenvalue weighted by atomic mass is 9.82. The van der Waals surface area contributed by atoms with Crippen molar-refractivity contribution in [2.75, 3.05) is 0 Å². The van der Waals surface area contributed by atoms with Crippen molar-refractivity contribution in [3.8, 4) is 0 Å². The Labute approximate surface area is 64.7 Å². The molecule has 3 heteroatoms. The molecule has 0 amide bonds. The molecule has 0 bridgehead atoms. The fraction of sp³-hybridized carbons (Fsp3) is 0.500. The van der Waals surface area contributed by atoms with Crippen molar-refractivity contribution < 1.29 is 14.7 Å². The van der Waals surface area contributed by atoms with E-state index in [1.807, 2.05) is 0 Å². The van der Waals surface area contributed by atoms with Gasteiger partial charge in [-0.2, -0.15) is 0 Å². The number of carboxylic acid groups (broad SMARTS) is 1. The van der Waals surface area contributed by atoms with Crippen LogP contribution in [-0.2, 0) is 9.59 Å². The summed E-state index contributed by atoms with van der Waals surface area (Å²) in [6.07, 6.45) is 2.99. The van der Waals surface area contributed by atoms with Gasteiger partial charge >= 0.3 is 5.97 Å². The quantitative estimate of drug-likeness (QED) is 0.570. The Morgan fingerprint density at radius 1 is 1.64 bits per heavy atom. The first kappa shape index (κ1) is 7.98. The van der Waals surface area contributed by atoms with E-state index in [2.05, 4.69) is 0 Å². The fourth-order valence-electron chi connectivity index (χ4n) is 1.30. The summed E-state index contributed by atoms with van der Waals surface area (Å²) in [5.74, 6) is -2.23. The Morgan fingerprint density at radius 2 is 2.18 bits per heavy atom. The van der Waals surface area contributed by atoms with Gasteiger partial charge in [0, 0.05) is 5.41 Å². The second-order valence-electron chi connectivity index (χ2n) is 3.33. The van der Waals surface area contributed by atoms with Gasteiger partial charge in [0.25, 0.3) is 0 Å². The van der Waals surface area contributed by atoms with E-state index in [1.54, 1.807) is 19.9 Å². The number of ketones is 1. The monoisotopic (exact) mass is 154 g/mol. The highest BCUT2D eigenvalue weighted by molar-refractivity contribution is 6.07. The Balaban J connectivity index is 2.96. The zero-order chi connectivity index (χ0) is 8.65. The molecule has 1 atom stereocenters. The number of hydrogen-bond donors (Lipinski definition) is 1. The molecule has 0 saturated heterocycles. The average Bonchev–Trinajstić information content (AvgIpc) is 2.06. The van der Waals surface area contributed by atoms with Gasteiger partial charge in [-0.25, -0.2) is 0 Å². The molecular weight excluding hydrogens is 144 g/mol. The van der Waals surface area contributed by atoms with Gasteiger partial charge < -0.3 is 5.11 Å². The summed E-state index contributed by atoms with van der Waals surface area (Å²) in [5.41, 5.74) is -0.525. The number of carbonyl (C=O) groups is 2. The number of carboxylic acids is 1. The number of allylic oxidation sites excluding steroid dienone is 2. The second kappa shape index (κ2) is 2.19. The van der Waals surface area contributed by atoms with Gasteiger partial charge in [-0.3, -0.25) is 9.59 Å². The summed E-state index contributed by atoms with van der Waals surface area (Å²) >= 11 is 0. The summed E-state index contributed by atoms with van der Waals surface area (Å²) in [6, 6.07) is 0. The maximum absolute atomic E-state index is 11.0. The van der Waals surface area contributed by atoms with Gasteiger partial charge in [0.2, 0.25) is 0 Å². The summed E-state index contributed by atoms with van der Waals surface area (Å²) in [6.45, 7) is 3.49. The van der Waals surface area contributed by atoms with Crippen LogP contribution in [0, 0.1) is 11.3 Å². The highest BCUT2D eigenvalue weighted by Gasteiger charge is 2.41. The first-order valence-corrected chi connectivity index (χ1v) is 3.41. The minimum absolute atomic E-state index is 0.303. The molecule has 0 aliphatic heterocycles. The van der Waals surface area contributed by atoms with E-state index in [-0.39, 0.29) is 5.78 Å². The van der Waals surface area contributed by atoms with Gasteiger partial charge in [0.05, 0.1) is 0 Å². The van der Waals surface area contributed by atoms with Crippen LogP contribution < -0.4 is 0 Å². The van der Waals surface area contributed by atoms with Crippen LogP contribution in [0.1, 0.15) is 13.8 Å². The number of aliphatic carboxylic acids is 1. The number of rotatable bonds is 1. The van der Waals surface area contributed by atoms with E-state index in [4.69, 9.17) is 5.11 Å². The molecule has 1 unspecified atom stereocenters. The van der Waals surface area contributed by atoms with Crippen molar-refractivity contribution in [1.29, 1.82) is 0 Å². The van der Waals surface area contributed by atoms with Crippen LogP contribution in [0.5, 0.6) is 0 Å². The van der Waals surface area contributed by atoms with Gasteiger partial charge in [-0.1, -0.05) is 19.9 Å². The maximum atomic E-state index is 11.0. The van der Waals surface area contributed by atoms with Crippen molar-refractivity contribution in [2.45, 2.75) is 13.8 Å². The van der Waals surface area contributed by atoms with Crippen LogP contribution in [0.2, 0.25) is 0 Å². The van der Waals surface area contributed by atoms with Crippen molar-refractivity contribution in [2.24, 2.45) is 11.3 Å². The summed E-state index contributed by atoms with van der Waals surface area (Å²) < 4.78 is 0. The number of hydrogen-bond acceptors (Lipinski definition) is 2. The van der Waals surface area contributed by atoms with Crippen molar-refractivity contribution >= 4 is 11.8 Å². The zero-order valence-corrected chi connectivity index (χ0v) is 6.50. The Kier molecular flexibility index (Phi) is 1.59. The summed E-state index contributed by atoms with van der Waals surface area (Å²) in [7, 11) is 0. The first-order valence-electron chi connectivity index (χ1n) is 3.41. The van der Waals surface area contributed by atoms with Gasteiger partial charge in [-0.05, 0) is 6.08 Å². The molecule has 1 N–H and O–H groups in total. The molecule has 0 aromatic rings. The highest BCUT2D eigenvalue weighted by Crippen LogP contribution is 2.34. The third-order valence-corrected chi connectivity index (χ3v) is 1.95. The van der Waals surface area contributed by atoms with Crippen LogP contribution in [0.4, 0.5) is 0 Å². The van der Waals surface area contributed by atoms with Crippen LogP contribution >= 0.6 is 0 Å². The first-order chi connectivity index (χ1) is 4.95. The molecule has 0 spiro atoms. The molecule has 1 aliphatic carbocycles. The lowest BCUT2D eigenvalue weighted by Crippen LogP contribution is -2.30. The topological polar surface area (TPSA) is 54.4 Å². The lowest BCUT2D eigenvalue weighted by molar-refractivity contribution is -0.147. The minimum atomic E-state index is -1.04. The van der Waals surface area contributed by atoms with Crippen molar-refractivity contribution in [1.82, 2.24) is 0 Å². The molecule has 60 valence electrons. The van der Waals surface area contributed by atoms with Gasteiger partial charge in [0.15, 0.2) is 5.78 Å². The normalized spacial score (nSPS) is 27.5. The van der Waals surface area contributed by atoms with Gasteiger partial charge in [-0.15, -0.1) is 0 Å². The molecule has 11 heavy (non-hydrogen) atoms. The van der Waals surface area contributed by atoms with Crippen LogP contribution in [-0.4, -0.2) is 16.9 Å². The molecule has 0 heterocycles. The van der Waals surface area contributed by atoms with E-state index in [9.17, 15) is 9.59 Å². The predicted molar refractivity (Wildman–Crippen MR) is 39.1 cm³/mol. The Hall–Kier alpha value is -1.12. The molecule has 1 aliphatic rings. The maximum Gasteiger partial charge on any atom is 0.315 e. The predicted octanol–water partition coefficient (Wildman–Crippen LogP) is 0.852. The lowest BCUT2D eigenvalue weighted by Gasteiger charge is -2.20. The van der Waals surface area contributed by atoms with Crippen molar-refractivity contribution in [3.63, 3.8) is 0 Å². The smallest absolute Gasteiger partial charge is 0.315 e. The SMILES string of the molecule is CC1(C)C=CC(=O)C1C(=O)O. The fourth-order valence-corrected chi connectivity index (χ4v) is 1.30. The van der Waals surface area contributed by atoms with E-state index in [0.29, 0.717) is 0 Å². The summed E-state index contributed by atoms with van der Waals surface area (Å²) in [4.78, 5) is 21.5. The van der Waals surface area contributed by atoms with Crippen LogP contribution in [0.15, 0.2) is 12.2 Å². The summed E-state index contributed by atoms with van der Waals surface area (Å²) in [5, 5.41) is 8.66. The molecule has 0 radical (unpaired) electrons. The third-order valence-electron chi connectivity index (χ3n) is 1.95. The molecule has 3 nitrogen and oxygen atoms in total. The molecule has 0 aromatic heterocycles. The third kappa shape index (κ3) is 1.18. The minimum Gasteiger partial charge on any atom is -0.481 e. The Morgan fingerprint density at radius 3 is 2.36 bits per heavy atom.